The Bertz CT molecular complexity index is 1460. The Morgan fingerprint density at radius 3 is 1.57 bits per heavy atom. The SMILES string of the molecule is CC(C)(C)c1ccc2c3c(c4ccc(C(C)(C)C)c5osoc1c2c45)C1CC2CC4CC3CC42C1. The molecule has 1 spiro atoms. The molecule has 3 aromatic carbocycles. The largest absolute Gasteiger partial charge is 0.372 e. The van der Waals surface area contributed by atoms with E-state index in [2.05, 4.69) is 65.8 Å². The van der Waals surface area contributed by atoms with E-state index in [4.69, 9.17) is 7.70 Å². The van der Waals surface area contributed by atoms with Crippen LogP contribution in [0.25, 0.3) is 32.7 Å². The Balaban J connectivity index is 1.62. The summed E-state index contributed by atoms with van der Waals surface area (Å²) in [5.41, 5.74) is 8.60. The highest BCUT2D eigenvalue weighted by molar-refractivity contribution is 6.93. The molecule has 4 aromatic rings. The summed E-state index contributed by atoms with van der Waals surface area (Å²) in [7, 11) is 0. The van der Waals surface area contributed by atoms with Gasteiger partial charge in [-0.3, -0.25) is 0 Å². The molecule has 4 aliphatic carbocycles. The number of benzene rings is 3. The van der Waals surface area contributed by atoms with Crippen molar-refractivity contribution in [3.8, 4) is 0 Å². The normalized spacial score (nSPS) is 31.3. The average molecular weight is 485 g/mol. The monoisotopic (exact) mass is 484 g/mol. The molecule has 4 atom stereocenters. The van der Waals surface area contributed by atoms with Gasteiger partial charge >= 0.3 is 0 Å². The first-order valence-electron chi connectivity index (χ1n) is 13.7. The van der Waals surface area contributed by atoms with E-state index < -0.39 is 0 Å². The molecule has 3 heteroatoms. The summed E-state index contributed by atoms with van der Waals surface area (Å²) in [6.07, 6.45) is 7.11. The van der Waals surface area contributed by atoms with E-state index in [-0.39, 0.29) is 10.8 Å². The molecule has 8 rings (SSSR count). The second-order valence-corrected chi connectivity index (χ2v) is 14.9. The average Bonchev–Trinajstić information content (AvgIpc) is 3.07. The van der Waals surface area contributed by atoms with Crippen molar-refractivity contribution < 1.29 is 7.70 Å². The van der Waals surface area contributed by atoms with Crippen LogP contribution in [0.3, 0.4) is 0 Å². The number of hydrogen-bond donors (Lipinski definition) is 0. The van der Waals surface area contributed by atoms with Gasteiger partial charge in [0.2, 0.25) is 11.9 Å². The highest BCUT2D eigenvalue weighted by Crippen LogP contribution is 2.76. The van der Waals surface area contributed by atoms with Gasteiger partial charge in [-0.25, -0.2) is 0 Å². The van der Waals surface area contributed by atoms with Gasteiger partial charge < -0.3 is 7.70 Å². The molecule has 3 bridgehead atoms. The fourth-order valence-electron chi connectivity index (χ4n) is 9.33. The highest BCUT2D eigenvalue weighted by Gasteiger charge is 2.65. The van der Waals surface area contributed by atoms with Crippen molar-refractivity contribution in [1.82, 2.24) is 0 Å². The van der Waals surface area contributed by atoms with Crippen molar-refractivity contribution in [3.63, 3.8) is 0 Å². The van der Waals surface area contributed by atoms with Crippen LogP contribution in [0.15, 0.2) is 32.0 Å². The standard InChI is InChI=1S/C32H36O2S/c1-30(2,3)22-9-7-20-24-16-11-18-13-19-12-17(15-32(18,19)14-16)25(24)21-8-10-23(31(4,5)6)29-27(21)26(20)28(22)33-35-34-29/h7-10,16-19H,11-15H2,1-6H3. The van der Waals surface area contributed by atoms with Crippen molar-refractivity contribution in [2.45, 2.75) is 96.3 Å². The predicted molar refractivity (Wildman–Crippen MR) is 146 cm³/mol. The lowest BCUT2D eigenvalue weighted by Crippen LogP contribution is -2.41. The summed E-state index contributed by atoms with van der Waals surface area (Å²) < 4.78 is 13.0. The zero-order valence-corrected chi connectivity index (χ0v) is 22.7. The molecule has 35 heavy (non-hydrogen) atoms. The fourth-order valence-corrected chi connectivity index (χ4v) is 9.84. The maximum Gasteiger partial charge on any atom is 0.242 e. The van der Waals surface area contributed by atoms with Crippen molar-refractivity contribution in [2.75, 3.05) is 0 Å². The van der Waals surface area contributed by atoms with E-state index in [0.717, 1.165) is 34.9 Å². The lowest BCUT2D eigenvalue weighted by atomic mass is 9.56. The van der Waals surface area contributed by atoms with Gasteiger partial charge in [0, 0.05) is 21.9 Å². The van der Waals surface area contributed by atoms with Crippen LogP contribution in [0, 0.1) is 17.3 Å². The topological polar surface area (TPSA) is 26.3 Å². The summed E-state index contributed by atoms with van der Waals surface area (Å²) in [6, 6.07) is 9.63. The van der Waals surface area contributed by atoms with Crippen molar-refractivity contribution >= 4 is 44.6 Å². The molecule has 0 radical (unpaired) electrons. The molecular formula is C32H36O2S. The molecular weight excluding hydrogens is 448 g/mol. The molecule has 0 amide bonds. The quantitative estimate of drug-likeness (QED) is 0.232. The third-order valence-electron chi connectivity index (χ3n) is 10.7. The van der Waals surface area contributed by atoms with Gasteiger partial charge in [-0.15, -0.1) is 0 Å². The van der Waals surface area contributed by atoms with Crippen LogP contribution in [0.2, 0.25) is 0 Å². The van der Waals surface area contributed by atoms with Gasteiger partial charge in [-0.05, 0) is 93.9 Å². The van der Waals surface area contributed by atoms with Crippen LogP contribution in [0.4, 0.5) is 0 Å². The first-order chi connectivity index (χ1) is 16.6. The second kappa shape index (κ2) is 6.28. The summed E-state index contributed by atoms with van der Waals surface area (Å²) in [5.74, 6) is 3.34. The number of fused-ring (bicyclic) bond motifs is 7. The first kappa shape index (κ1) is 21.1. The van der Waals surface area contributed by atoms with E-state index >= 15 is 0 Å². The predicted octanol–water partition coefficient (Wildman–Crippen LogP) is 9.94. The van der Waals surface area contributed by atoms with Crippen LogP contribution in [-0.4, -0.2) is 0 Å². The zero-order valence-electron chi connectivity index (χ0n) is 21.9. The summed E-state index contributed by atoms with van der Waals surface area (Å²) in [6.45, 7) is 13.8. The van der Waals surface area contributed by atoms with Gasteiger partial charge in [0.1, 0.15) is 0 Å². The molecule has 4 aliphatic rings. The zero-order chi connectivity index (χ0) is 24.1. The van der Waals surface area contributed by atoms with Crippen LogP contribution in [0.5, 0.6) is 0 Å². The molecule has 2 nitrogen and oxygen atoms in total. The fraction of sp³-hybridized carbons (Fsp3) is 0.562. The van der Waals surface area contributed by atoms with Crippen molar-refractivity contribution in [1.29, 1.82) is 0 Å². The highest BCUT2D eigenvalue weighted by atomic mass is 32.1. The van der Waals surface area contributed by atoms with Gasteiger partial charge in [0.15, 0.2) is 11.2 Å². The maximum absolute atomic E-state index is 6.48. The molecule has 1 heterocycles. The van der Waals surface area contributed by atoms with E-state index in [1.54, 1.807) is 11.1 Å². The Labute approximate surface area is 212 Å². The minimum absolute atomic E-state index is 0.00689. The van der Waals surface area contributed by atoms with Crippen molar-refractivity contribution in [2.24, 2.45) is 17.3 Å². The van der Waals surface area contributed by atoms with Gasteiger partial charge in [-0.1, -0.05) is 65.8 Å². The van der Waals surface area contributed by atoms with E-state index in [0.29, 0.717) is 17.3 Å². The van der Waals surface area contributed by atoms with Crippen LogP contribution in [0.1, 0.15) is 108 Å². The molecule has 1 aromatic heterocycles. The number of rotatable bonds is 0. The van der Waals surface area contributed by atoms with E-state index in [1.807, 2.05) is 0 Å². The van der Waals surface area contributed by atoms with Crippen LogP contribution < -0.4 is 0 Å². The molecule has 3 saturated carbocycles. The lowest BCUT2D eigenvalue weighted by molar-refractivity contribution is 0.00322. The molecule has 4 unspecified atom stereocenters. The third kappa shape index (κ3) is 2.47. The molecule has 0 saturated heterocycles. The Morgan fingerprint density at radius 2 is 1.14 bits per heavy atom. The lowest BCUT2D eigenvalue weighted by Gasteiger charge is -2.48. The summed E-state index contributed by atoms with van der Waals surface area (Å²) in [5, 5.41) is 5.51. The molecule has 182 valence electrons. The van der Waals surface area contributed by atoms with Gasteiger partial charge in [0.05, 0.1) is 0 Å². The number of hydrogen-bond acceptors (Lipinski definition) is 3. The van der Waals surface area contributed by atoms with Gasteiger partial charge in [0.25, 0.3) is 0 Å². The van der Waals surface area contributed by atoms with Gasteiger partial charge in [-0.2, -0.15) is 0 Å². The maximum atomic E-state index is 6.48. The minimum atomic E-state index is -0.00689. The van der Waals surface area contributed by atoms with E-state index in [9.17, 15) is 0 Å². The second-order valence-electron chi connectivity index (χ2n) is 14.4. The Morgan fingerprint density at radius 1 is 0.686 bits per heavy atom. The Kier molecular flexibility index (Phi) is 3.79. The summed E-state index contributed by atoms with van der Waals surface area (Å²) in [4.78, 5) is 0. The Hall–Kier alpha value is -2.00. The smallest absolute Gasteiger partial charge is 0.242 e. The first-order valence-corrected chi connectivity index (χ1v) is 14.4. The molecule has 0 N–H and O–H groups in total. The molecule has 3 fully saturated rings. The third-order valence-corrected chi connectivity index (χ3v) is 11.2. The van der Waals surface area contributed by atoms with Crippen molar-refractivity contribution in [3.05, 3.63) is 46.5 Å². The van der Waals surface area contributed by atoms with Crippen LogP contribution in [-0.2, 0) is 10.8 Å². The van der Waals surface area contributed by atoms with E-state index in [1.165, 1.54) is 64.8 Å². The minimum Gasteiger partial charge on any atom is -0.372 e. The van der Waals surface area contributed by atoms with Crippen LogP contribution >= 0.6 is 11.9 Å². The molecule has 0 aliphatic heterocycles. The summed E-state index contributed by atoms with van der Waals surface area (Å²) >= 11 is 1.16.